The molecule has 3 aromatic heterocycles. The van der Waals surface area contributed by atoms with Crippen molar-refractivity contribution in [3.63, 3.8) is 0 Å². The van der Waals surface area contributed by atoms with Gasteiger partial charge >= 0.3 is 5.97 Å². The number of hydrogen-bond donors (Lipinski definition) is 3. The SMILES string of the molecule is Cc1cc(C(C)Nc2ccc(Cl)nc2C(=O)O)c2nc(NCC3CC3)c(C)c(=O)n2c1. The van der Waals surface area contributed by atoms with Gasteiger partial charge in [0.15, 0.2) is 5.69 Å². The molecule has 9 heteroatoms. The van der Waals surface area contributed by atoms with Crippen molar-refractivity contribution >= 4 is 34.7 Å². The Labute approximate surface area is 184 Å². The van der Waals surface area contributed by atoms with Crippen LogP contribution in [0.15, 0.2) is 29.2 Å². The minimum atomic E-state index is -1.18. The Kier molecular flexibility index (Phi) is 5.58. The monoisotopic (exact) mass is 441 g/mol. The number of aromatic nitrogens is 3. The van der Waals surface area contributed by atoms with Crippen molar-refractivity contribution in [3.05, 3.63) is 62.3 Å². The normalized spacial score (nSPS) is 14.5. The molecule has 162 valence electrons. The lowest BCUT2D eigenvalue weighted by molar-refractivity contribution is 0.0691. The highest BCUT2D eigenvalue weighted by Crippen LogP contribution is 2.30. The lowest BCUT2D eigenvalue weighted by Gasteiger charge is -2.20. The molecule has 1 fully saturated rings. The molecule has 3 aromatic rings. The van der Waals surface area contributed by atoms with E-state index in [1.807, 2.05) is 19.9 Å². The lowest BCUT2D eigenvalue weighted by atomic mass is 10.1. The number of anilines is 2. The summed E-state index contributed by atoms with van der Waals surface area (Å²) >= 11 is 5.86. The van der Waals surface area contributed by atoms with Gasteiger partial charge in [-0.3, -0.25) is 9.20 Å². The Balaban J connectivity index is 1.77. The first-order valence-electron chi connectivity index (χ1n) is 10.2. The van der Waals surface area contributed by atoms with Crippen molar-refractivity contribution in [1.82, 2.24) is 14.4 Å². The van der Waals surface area contributed by atoms with Crippen LogP contribution in [0.4, 0.5) is 11.5 Å². The molecular weight excluding hydrogens is 418 g/mol. The number of fused-ring (bicyclic) bond motifs is 1. The fourth-order valence-corrected chi connectivity index (χ4v) is 3.72. The molecule has 0 aliphatic heterocycles. The van der Waals surface area contributed by atoms with Gasteiger partial charge in [-0.2, -0.15) is 0 Å². The summed E-state index contributed by atoms with van der Waals surface area (Å²) in [7, 11) is 0. The minimum absolute atomic E-state index is 0.103. The molecule has 4 rings (SSSR count). The van der Waals surface area contributed by atoms with Crippen LogP contribution < -0.4 is 16.2 Å². The van der Waals surface area contributed by atoms with Crippen molar-refractivity contribution in [2.24, 2.45) is 5.92 Å². The van der Waals surface area contributed by atoms with Crippen molar-refractivity contribution in [3.8, 4) is 0 Å². The smallest absolute Gasteiger partial charge is 0.356 e. The second-order valence-corrected chi connectivity index (χ2v) is 8.47. The molecule has 31 heavy (non-hydrogen) atoms. The van der Waals surface area contributed by atoms with Gasteiger partial charge in [0.1, 0.15) is 16.6 Å². The highest BCUT2D eigenvalue weighted by molar-refractivity contribution is 6.29. The maximum Gasteiger partial charge on any atom is 0.356 e. The van der Waals surface area contributed by atoms with Crippen molar-refractivity contribution in [2.45, 2.75) is 39.7 Å². The zero-order valence-corrected chi connectivity index (χ0v) is 18.3. The molecule has 0 spiro atoms. The molecule has 3 N–H and O–H groups in total. The van der Waals surface area contributed by atoms with Crippen LogP contribution >= 0.6 is 11.6 Å². The zero-order chi connectivity index (χ0) is 22.3. The third-order valence-electron chi connectivity index (χ3n) is 5.47. The van der Waals surface area contributed by atoms with Crippen LogP contribution in [-0.4, -0.2) is 32.0 Å². The number of rotatable bonds is 7. The molecule has 1 atom stereocenters. The van der Waals surface area contributed by atoms with Crippen molar-refractivity contribution in [2.75, 3.05) is 17.2 Å². The van der Waals surface area contributed by atoms with Gasteiger partial charge in [0.2, 0.25) is 0 Å². The first-order valence-corrected chi connectivity index (χ1v) is 10.6. The predicted molar refractivity (Wildman–Crippen MR) is 120 cm³/mol. The van der Waals surface area contributed by atoms with Gasteiger partial charge in [-0.1, -0.05) is 11.6 Å². The van der Waals surface area contributed by atoms with Gasteiger partial charge in [0.05, 0.1) is 17.3 Å². The van der Waals surface area contributed by atoms with E-state index in [0.29, 0.717) is 28.6 Å². The average molecular weight is 442 g/mol. The Morgan fingerprint density at radius 2 is 2.06 bits per heavy atom. The summed E-state index contributed by atoms with van der Waals surface area (Å²) < 4.78 is 1.55. The van der Waals surface area contributed by atoms with Gasteiger partial charge < -0.3 is 15.7 Å². The molecular formula is C22H24ClN5O3. The summed E-state index contributed by atoms with van der Waals surface area (Å²) in [6.45, 7) is 6.37. The molecule has 8 nitrogen and oxygen atoms in total. The summed E-state index contributed by atoms with van der Waals surface area (Å²) in [5.74, 6) is 0.0565. The molecule has 0 saturated heterocycles. The van der Waals surface area contributed by atoms with E-state index in [1.165, 1.54) is 18.9 Å². The molecule has 0 bridgehead atoms. The van der Waals surface area contributed by atoms with E-state index in [9.17, 15) is 14.7 Å². The maximum atomic E-state index is 13.0. The van der Waals surface area contributed by atoms with Gasteiger partial charge in [-0.15, -0.1) is 0 Å². The van der Waals surface area contributed by atoms with E-state index in [0.717, 1.165) is 17.7 Å². The van der Waals surface area contributed by atoms with Crippen molar-refractivity contribution < 1.29 is 9.90 Å². The Morgan fingerprint density at radius 3 is 2.74 bits per heavy atom. The number of carboxylic acid groups (broad SMARTS) is 1. The van der Waals surface area contributed by atoms with Crippen LogP contribution in [0, 0.1) is 19.8 Å². The van der Waals surface area contributed by atoms with Gasteiger partial charge in [-0.25, -0.2) is 14.8 Å². The van der Waals surface area contributed by atoms with E-state index < -0.39 is 5.97 Å². The largest absolute Gasteiger partial charge is 0.476 e. The van der Waals surface area contributed by atoms with Crippen molar-refractivity contribution in [1.29, 1.82) is 0 Å². The Hall–Kier alpha value is -3.13. The summed E-state index contributed by atoms with van der Waals surface area (Å²) in [6.07, 6.45) is 4.17. The van der Waals surface area contributed by atoms with Crippen LogP contribution in [0.1, 0.15) is 53.0 Å². The molecule has 0 amide bonds. The fourth-order valence-electron chi connectivity index (χ4n) is 3.58. The third-order valence-corrected chi connectivity index (χ3v) is 5.68. The Bertz CT molecular complexity index is 1240. The second-order valence-electron chi connectivity index (χ2n) is 8.08. The van der Waals surface area contributed by atoms with Gasteiger partial charge in [0, 0.05) is 18.3 Å². The van der Waals surface area contributed by atoms with Crippen LogP contribution in [-0.2, 0) is 0 Å². The molecule has 0 aromatic carbocycles. The summed E-state index contributed by atoms with van der Waals surface area (Å²) in [6, 6.07) is 4.72. The van der Waals surface area contributed by atoms with Crippen LogP contribution in [0.2, 0.25) is 5.15 Å². The van der Waals surface area contributed by atoms with Crippen LogP contribution in [0.3, 0.4) is 0 Å². The number of nitrogens with zero attached hydrogens (tertiary/aromatic N) is 3. The number of nitrogens with one attached hydrogen (secondary N) is 2. The van der Waals surface area contributed by atoms with E-state index in [4.69, 9.17) is 16.6 Å². The number of aromatic carboxylic acids is 1. The average Bonchev–Trinajstić information content (AvgIpc) is 3.55. The third kappa shape index (κ3) is 4.34. The first kappa shape index (κ1) is 21.1. The highest BCUT2D eigenvalue weighted by atomic mass is 35.5. The molecule has 1 aliphatic carbocycles. The zero-order valence-electron chi connectivity index (χ0n) is 17.6. The minimum Gasteiger partial charge on any atom is -0.476 e. The standard InChI is InChI=1S/C22H24ClN5O3/c1-11-8-15(13(3)25-16-6-7-17(23)26-18(16)22(30)31)20-27-19(24-9-14-4-5-14)12(2)21(29)28(20)10-11/h6-8,10,13-14,24-25H,4-5,9H2,1-3H3,(H,30,31). The number of aryl methyl sites for hydroxylation is 1. The summed E-state index contributed by atoms with van der Waals surface area (Å²) in [4.78, 5) is 33.3. The summed E-state index contributed by atoms with van der Waals surface area (Å²) in [5.41, 5.74) is 2.82. The number of carbonyl (C=O) groups is 1. The molecule has 0 radical (unpaired) electrons. The molecule has 3 heterocycles. The first-order chi connectivity index (χ1) is 14.7. The number of pyridine rings is 2. The molecule has 1 saturated carbocycles. The van der Waals surface area contributed by atoms with Crippen LogP contribution in [0.25, 0.3) is 5.65 Å². The highest BCUT2D eigenvalue weighted by Gasteiger charge is 2.23. The molecule has 1 unspecified atom stereocenters. The van der Waals surface area contributed by atoms with E-state index >= 15 is 0 Å². The van der Waals surface area contributed by atoms with Crippen LogP contribution in [0.5, 0.6) is 0 Å². The van der Waals surface area contributed by atoms with Gasteiger partial charge in [0.25, 0.3) is 5.56 Å². The number of hydrogen-bond acceptors (Lipinski definition) is 6. The van der Waals surface area contributed by atoms with E-state index in [-0.39, 0.29) is 22.4 Å². The summed E-state index contributed by atoms with van der Waals surface area (Å²) in [5, 5.41) is 16.1. The van der Waals surface area contributed by atoms with E-state index in [1.54, 1.807) is 23.6 Å². The second kappa shape index (κ2) is 8.19. The number of carboxylic acids is 1. The Morgan fingerprint density at radius 1 is 1.32 bits per heavy atom. The van der Waals surface area contributed by atoms with Gasteiger partial charge in [-0.05, 0) is 63.3 Å². The molecule has 1 aliphatic rings. The lowest BCUT2D eigenvalue weighted by Crippen LogP contribution is -2.23. The predicted octanol–water partition coefficient (Wildman–Crippen LogP) is 4.05. The topological polar surface area (TPSA) is 109 Å². The van der Waals surface area contributed by atoms with E-state index in [2.05, 4.69) is 15.6 Å². The number of halogens is 1. The quantitative estimate of drug-likeness (QED) is 0.474. The fraction of sp³-hybridized carbons (Fsp3) is 0.364. The maximum absolute atomic E-state index is 13.0.